The molecule has 8 aromatic carbocycles. The van der Waals surface area contributed by atoms with Gasteiger partial charge >= 0.3 is 0 Å². The summed E-state index contributed by atoms with van der Waals surface area (Å²) in [4.78, 5) is 15.0. The molecule has 0 bridgehead atoms. The highest BCUT2D eigenvalue weighted by Crippen LogP contribution is 2.39. The summed E-state index contributed by atoms with van der Waals surface area (Å²) in [6, 6.07) is 64.0. The van der Waals surface area contributed by atoms with Gasteiger partial charge in [-0.05, 0) is 75.1 Å². The highest BCUT2D eigenvalue weighted by Gasteiger charge is 2.17. The van der Waals surface area contributed by atoms with Gasteiger partial charge in [0.15, 0.2) is 17.5 Å². The molecule has 0 amide bonds. The molecule has 0 fully saturated rings. The van der Waals surface area contributed by atoms with Gasteiger partial charge in [0.25, 0.3) is 0 Å². The van der Waals surface area contributed by atoms with Crippen molar-refractivity contribution >= 4 is 43.4 Å². The molecule has 2 aromatic heterocycles. The van der Waals surface area contributed by atoms with Crippen molar-refractivity contribution in [2.24, 2.45) is 0 Å². The molecule has 0 radical (unpaired) electrons. The summed E-state index contributed by atoms with van der Waals surface area (Å²) in [5.41, 5.74) is 8.59. The lowest BCUT2D eigenvalue weighted by Crippen LogP contribution is -2.00. The molecular weight excluding hydrogens is 621 g/mol. The molecule has 238 valence electrons. The third-order valence-electron chi connectivity index (χ3n) is 9.82. The number of benzene rings is 8. The Morgan fingerprint density at radius 2 is 0.784 bits per heavy atom. The van der Waals surface area contributed by atoms with E-state index in [4.69, 9.17) is 15.0 Å². The number of rotatable bonds is 5. The maximum Gasteiger partial charge on any atom is 0.164 e. The van der Waals surface area contributed by atoms with Gasteiger partial charge in [-0.15, -0.1) is 0 Å². The summed E-state index contributed by atoms with van der Waals surface area (Å²) in [5.74, 6) is 1.92. The van der Waals surface area contributed by atoms with E-state index < -0.39 is 0 Å². The first-order valence-corrected chi connectivity index (χ1v) is 17.2. The van der Waals surface area contributed by atoms with Gasteiger partial charge in [-0.25, -0.2) is 15.0 Å². The fraction of sp³-hybridized carbons (Fsp3) is 0. The van der Waals surface area contributed by atoms with Crippen LogP contribution < -0.4 is 0 Å². The van der Waals surface area contributed by atoms with Crippen LogP contribution in [0.25, 0.3) is 94.3 Å². The highest BCUT2D eigenvalue weighted by atomic mass is 15.0. The minimum absolute atomic E-state index is 0.636. The lowest BCUT2D eigenvalue weighted by molar-refractivity contribution is 1.07. The molecule has 0 unspecified atom stereocenters. The van der Waals surface area contributed by atoms with Crippen LogP contribution in [0.4, 0.5) is 0 Å². The van der Waals surface area contributed by atoms with Crippen LogP contribution in [-0.2, 0) is 0 Å². The lowest BCUT2D eigenvalue weighted by Gasteiger charge is -2.11. The largest absolute Gasteiger partial charge is 0.309 e. The predicted octanol–water partition coefficient (Wildman–Crippen LogP) is 11.9. The van der Waals surface area contributed by atoms with Crippen LogP contribution in [0.1, 0.15) is 0 Å². The van der Waals surface area contributed by atoms with E-state index in [1.165, 1.54) is 48.9 Å². The third kappa shape index (κ3) is 5.04. The van der Waals surface area contributed by atoms with Crippen LogP contribution in [0.3, 0.4) is 0 Å². The smallest absolute Gasteiger partial charge is 0.164 e. The van der Waals surface area contributed by atoms with Crippen LogP contribution in [0.2, 0.25) is 0 Å². The van der Waals surface area contributed by atoms with Crippen LogP contribution in [0.5, 0.6) is 0 Å². The van der Waals surface area contributed by atoms with Crippen LogP contribution in [-0.4, -0.2) is 19.5 Å². The first-order valence-electron chi connectivity index (χ1n) is 17.2. The fourth-order valence-corrected chi connectivity index (χ4v) is 7.30. The van der Waals surface area contributed by atoms with Crippen molar-refractivity contribution in [3.8, 4) is 51.0 Å². The van der Waals surface area contributed by atoms with Crippen molar-refractivity contribution in [1.82, 2.24) is 19.5 Å². The maximum absolute atomic E-state index is 5.03. The molecule has 0 aliphatic rings. The van der Waals surface area contributed by atoms with E-state index in [1.807, 2.05) is 36.4 Å². The first-order chi connectivity index (χ1) is 25.3. The second kappa shape index (κ2) is 11.9. The topological polar surface area (TPSA) is 43.6 Å². The zero-order valence-electron chi connectivity index (χ0n) is 27.6. The Balaban J connectivity index is 1.11. The van der Waals surface area contributed by atoms with E-state index >= 15 is 0 Å². The molecule has 0 spiro atoms. The van der Waals surface area contributed by atoms with E-state index in [1.54, 1.807) is 0 Å². The van der Waals surface area contributed by atoms with Crippen molar-refractivity contribution in [1.29, 1.82) is 0 Å². The second-order valence-corrected chi connectivity index (χ2v) is 12.9. The zero-order valence-corrected chi connectivity index (χ0v) is 27.6. The third-order valence-corrected chi connectivity index (χ3v) is 9.82. The van der Waals surface area contributed by atoms with Crippen LogP contribution >= 0.6 is 0 Å². The summed E-state index contributed by atoms with van der Waals surface area (Å²) in [6.45, 7) is 0. The van der Waals surface area contributed by atoms with Crippen molar-refractivity contribution in [2.75, 3.05) is 0 Å². The quantitative estimate of drug-likeness (QED) is 0.186. The van der Waals surface area contributed by atoms with Gasteiger partial charge in [0.2, 0.25) is 0 Å². The molecule has 0 aliphatic carbocycles. The molecule has 10 aromatic rings. The van der Waals surface area contributed by atoms with Crippen molar-refractivity contribution < 1.29 is 0 Å². The number of hydrogen-bond acceptors (Lipinski definition) is 3. The Hall–Kier alpha value is -6.91. The molecule has 4 nitrogen and oxygen atoms in total. The number of aromatic nitrogens is 4. The molecule has 51 heavy (non-hydrogen) atoms. The highest BCUT2D eigenvalue weighted by molar-refractivity contribution is 6.23. The molecule has 10 rings (SSSR count). The van der Waals surface area contributed by atoms with Gasteiger partial charge in [0, 0.05) is 33.2 Å². The van der Waals surface area contributed by atoms with Gasteiger partial charge in [-0.1, -0.05) is 140 Å². The molecule has 0 saturated heterocycles. The summed E-state index contributed by atoms with van der Waals surface area (Å²) < 4.78 is 2.38. The Bertz CT molecular complexity index is 2880. The molecular formula is C47H30N4. The summed E-state index contributed by atoms with van der Waals surface area (Å²) in [5, 5.41) is 7.47. The van der Waals surface area contributed by atoms with E-state index in [-0.39, 0.29) is 0 Å². The second-order valence-electron chi connectivity index (χ2n) is 12.9. The summed E-state index contributed by atoms with van der Waals surface area (Å²) in [7, 11) is 0. The van der Waals surface area contributed by atoms with Crippen molar-refractivity contribution in [2.45, 2.75) is 0 Å². The Morgan fingerprint density at radius 1 is 0.314 bits per heavy atom. The first kappa shape index (κ1) is 29.0. The molecule has 0 atom stereocenters. The Morgan fingerprint density at radius 3 is 1.43 bits per heavy atom. The number of nitrogens with zero attached hydrogens (tertiary/aromatic N) is 4. The van der Waals surface area contributed by atoms with Crippen LogP contribution in [0, 0.1) is 0 Å². The summed E-state index contributed by atoms with van der Waals surface area (Å²) in [6.07, 6.45) is 0. The van der Waals surface area contributed by atoms with Gasteiger partial charge in [-0.2, -0.15) is 0 Å². The number of hydrogen-bond donors (Lipinski definition) is 0. The lowest BCUT2D eigenvalue weighted by atomic mass is 10.0. The van der Waals surface area contributed by atoms with E-state index in [0.717, 1.165) is 27.9 Å². The van der Waals surface area contributed by atoms with Gasteiger partial charge in [0.05, 0.1) is 11.0 Å². The van der Waals surface area contributed by atoms with E-state index in [0.29, 0.717) is 17.5 Å². The van der Waals surface area contributed by atoms with E-state index in [2.05, 4.69) is 150 Å². The number of fused-ring (bicyclic) bond motifs is 6. The van der Waals surface area contributed by atoms with Crippen molar-refractivity contribution in [3.05, 3.63) is 182 Å². The average molecular weight is 651 g/mol. The van der Waals surface area contributed by atoms with Gasteiger partial charge < -0.3 is 4.57 Å². The molecule has 0 saturated carbocycles. The molecule has 0 aliphatic heterocycles. The van der Waals surface area contributed by atoms with Gasteiger partial charge in [0.1, 0.15) is 0 Å². The maximum atomic E-state index is 5.03. The Kier molecular flexibility index (Phi) is 6.78. The predicted molar refractivity (Wildman–Crippen MR) is 211 cm³/mol. The molecule has 0 N–H and O–H groups in total. The van der Waals surface area contributed by atoms with Crippen molar-refractivity contribution in [3.63, 3.8) is 0 Å². The minimum atomic E-state index is 0.636. The normalized spacial score (nSPS) is 11.5. The standard InChI is InChI=1S/C47H30N4/c1-3-11-31(12-4-1)32-19-21-35(22-20-32)46-48-45(34-14-5-2-6-15-34)49-47(50-46)36-23-26-39(27-24-36)51-42-28-25-33-13-9-10-18-40(33)44(42)41-29-37-16-7-8-17-38(37)30-43(41)51/h1-30H. The van der Waals surface area contributed by atoms with Gasteiger partial charge in [-0.3, -0.25) is 0 Å². The average Bonchev–Trinajstić information content (AvgIpc) is 3.54. The minimum Gasteiger partial charge on any atom is -0.309 e. The summed E-state index contributed by atoms with van der Waals surface area (Å²) >= 11 is 0. The Labute approximate surface area is 295 Å². The fourth-order valence-electron chi connectivity index (χ4n) is 7.30. The van der Waals surface area contributed by atoms with Crippen LogP contribution in [0.15, 0.2) is 182 Å². The van der Waals surface area contributed by atoms with E-state index in [9.17, 15) is 0 Å². The SMILES string of the molecule is c1ccc(-c2ccc(-c3nc(-c4ccccc4)nc(-c4ccc(-n5c6cc7ccccc7cc6c6c7ccccc7ccc65)cc4)n3)cc2)cc1. The molecule has 4 heteroatoms. The zero-order chi connectivity index (χ0) is 33.7. The molecule has 2 heterocycles. The monoisotopic (exact) mass is 650 g/mol.